The van der Waals surface area contributed by atoms with E-state index in [0.29, 0.717) is 17.9 Å². The molecule has 1 fully saturated rings. The zero-order valence-corrected chi connectivity index (χ0v) is 11.1. The van der Waals surface area contributed by atoms with Crippen molar-refractivity contribution in [3.05, 3.63) is 23.9 Å². The van der Waals surface area contributed by atoms with Crippen LogP contribution in [-0.4, -0.2) is 42.0 Å². The molecule has 19 heavy (non-hydrogen) atoms. The van der Waals surface area contributed by atoms with Gasteiger partial charge in [0.15, 0.2) is 0 Å². The standard InChI is InChI=1S/C13H21N5O/c14-17-12-5-4-11(10-16-12)13(19)15-6-3-9-18-7-1-2-8-18/h4-5,10H,1-3,6-9,14H2,(H,15,19)(H,16,17). The fourth-order valence-corrected chi connectivity index (χ4v) is 2.23. The number of nitrogens with two attached hydrogens (primary N) is 1. The van der Waals surface area contributed by atoms with Crippen molar-refractivity contribution < 1.29 is 4.79 Å². The molecule has 6 heteroatoms. The van der Waals surface area contributed by atoms with E-state index in [9.17, 15) is 4.79 Å². The van der Waals surface area contributed by atoms with Gasteiger partial charge in [0.1, 0.15) is 5.82 Å². The van der Waals surface area contributed by atoms with Crippen LogP contribution in [0.1, 0.15) is 29.6 Å². The number of hydrogen-bond acceptors (Lipinski definition) is 5. The number of rotatable bonds is 6. The van der Waals surface area contributed by atoms with E-state index >= 15 is 0 Å². The van der Waals surface area contributed by atoms with Gasteiger partial charge in [0.25, 0.3) is 5.91 Å². The molecule has 0 saturated carbocycles. The van der Waals surface area contributed by atoms with Crippen LogP contribution < -0.4 is 16.6 Å². The number of carbonyl (C=O) groups excluding carboxylic acids is 1. The number of nitrogens with one attached hydrogen (secondary N) is 2. The Morgan fingerprint density at radius 1 is 1.37 bits per heavy atom. The van der Waals surface area contributed by atoms with Crippen LogP contribution in [-0.2, 0) is 0 Å². The third-order valence-corrected chi connectivity index (χ3v) is 3.31. The van der Waals surface area contributed by atoms with E-state index in [1.165, 1.54) is 32.1 Å². The number of carbonyl (C=O) groups is 1. The average molecular weight is 263 g/mol. The van der Waals surface area contributed by atoms with Crippen molar-refractivity contribution in [2.24, 2.45) is 5.84 Å². The van der Waals surface area contributed by atoms with Gasteiger partial charge in [0, 0.05) is 12.7 Å². The van der Waals surface area contributed by atoms with Gasteiger partial charge in [-0.15, -0.1) is 0 Å². The fraction of sp³-hybridized carbons (Fsp3) is 0.538. The van der Waals surface area contributed by atoms with E-state index in [2.05, 4.69) is 20.6 Å². The van der Waals surface area contributed by atoms with E-state index in [1.807, 2.05) is 0 Å². The molecule has 6 nitrogen and oxygen atoms in total. The van der Waals surface area contributed by atoms with Crippen LogP contribution in [0.3, 0.4) is 0 Å². The number of hydrogen-bond donors (Lipinski definition) is 3. The first-order chi connectivity index (χ1) is 9.29. The molecule has 1 aromatic heterocycles. The summed E-state index contributed by atoms with van der Waals surface area (Å²) < 4.78 is 0. The second kappa shape index (κ2) is 7.06. The minimum atomic E-state index is -0.0857. The quantitative estimate of drug-likeness (QED) is 0.397. The van der Waals surface area contributed by atoms with E-state index < -0.39 is 0 Å². The monoisotopic (exact) mass is 263 g/mol. The van der Waals surface area contributed by atoms with Gasteiger partial charge in [0.2, 0.25) is 0 Å². The van der Waals surface area contributed by atoms with Crippen LogP contribution in [0.15, 0.2) is 18.3 Å². The van der Waals surface area contributed by atoms with Crippen LogP contribution in [0.25, 0.3) is 0 Å². The molecule has 0 unspecified atom stereocenters. The minimum Gasteiger partial charge on any atom is -0.352 e. The highest BCUT2D eigenvalue weighted by atomic mass is 16.1. The van der Waals surface area contributed by atoms with Gasteiger partial charge in [0.05, 0.1) is 5.56 Å². The highest BCUT2D eigenvalue weighted by Crippen LogP contribution is 2.07. The van der Waals surface area contributed by atoms with Crippen LogP contribution in [0, 0.1) is 0 Å². The summed E-state index contributed by atoms with van der Waals surface area (Å²) >= 11 is 0. The predicted octanol–water partition coefficient (Wildman–Crippen LogP) is 0.583. The number of hydrazine groups is 1. The third-order valence-electron chi connectivity index (χ3n) is 3.31. The molecule has 1 amide bonds. The Hall–Kier alpha value is -1.66. The Morgan fingerprint density at radius 3 is 2.79 bits per heavy atom. The molecule has 2 rings (SSSR count). The van der Waals surface area contributed by atoms with Crippen LogP contribution in [0.2, 0.25) is 0 Å². The summed E-state index contributed by atoms with van der Waals surface area (Å²) in [6.07, 6.45) is 5.12. The van der Waals surface area contributed by atoms with E-state index in [-0.39, 0.29) is 5.91 Å². The lowest BCUT2D eigenvalue weighted by molar-refractivity contribution is 0.0951. The molecule has 1 aromatic rings. The molecular formula is C13H21N5O. The maximum atomic E-state index is 11.8. The largest absolute Gasteiger partial charge is 0.352 e. The van der Waals surface area contributed by atoms with Crippen LogP contribution >= 0.6 is 0 Å². The predicted molar refractivity (Wildman–Crippen MR) is 74.7 cm³/mol. The molecule has 0 radical (unpaired) electrons. The summed E-state index contributed by atoms with van der Waals surface area (Å²) in [7, 11) is 0. The number of likely N-dealkylation sites (tertiary alicyclic amines) is 1. The first kappa shape index (κ1) is 13.8. The molecule has 1 aliphatic heterocycles. The van der Waals surface area contributed by atoms with Gasteiger partial charge in [-0.1, -0.05) is 0 Å². The maximum Gasteiger partial charge on any atom is 0.252 e. The molecule has 2 heterocycles. The molecular weight excluding hydrogens is 242 g/mol. The normalized spacial score (nSPS) is 15.4. The summed E-state index contributed by atoms with van der Waals surface area (Å²) in [6, 6.07) is 3.39. The van der Waals surface area contributed by atoms with Gasteiger partial charge in [-0.05, 0) is 51.0 Å². The number of pyridine rings is 1. The molecule has 0 spiro atoms. The van der Waals surface area contributed by atoms with Gasteiger partial charge < -0.3 is 15.6 Å². The number of aromatic nitrogens is 1. The molecule has 0 bridgehead atoms. The Bertz CT molecular complexity index is 400. The minimum absolute atomic E-state index is 0.0857. The highest BCUT2D eigenvalue weighted by Gasteiger charge is 2.11. The molecule has 4 N–H and O–H groups in total. The Morgan fingerprint density at radius 2 is 2.16 bits per heavy atom. The molecule has 0 aromatic carbocycles. The molecule has 1 saturated heterocycles. The number of amides is 1. The second-order valence-corrected chi connectivity index (χ2v) is 4.73. The smallest absolute Gasteiger partial charge is 0.252 e. The molecule has 0 aliphatic carbocycles. The van der Waals surface area contributed by atoms with Crippen molar-refractivity contribution >= 4 is 11.7 Å². The Kier molecular flexibility index (Phi) is 5.11. The number of nitrogens with zero attached hydrogens (tertiary/aromatic N) is 2. The van der Waals surface area contributed by atoms with Gasteiger partial charge in [-0.2, -0.15) is 0 Å². The van der Waals surface area contributed by atoms with Crippen molar-refractivity contribution in [3.8, 4) is 0 Å². The lowest BCUT2D eigenvalue weighted by Gasteiger charge is -2.14. The van der Waals surface area contributed by atoms with Crippen molar-refractivity contribution in [2.75, 3.05) is 31.6 Å². The maximum absolute atomic E-state index is 11.8. The second-order valence-electron chi connectivity index (χ2n) is 4.73. The number of nitrogen functional groups attached to an aromatic ring is 1. The topological polar surface area (TPSA) is 83.3 Å². The van der Waals surface area contributed by atoms with Gasteiger partial charge in [-0.25, -0.2) is 10.8 Å². The third kappa shape index (κ3) is 4.18. The summed E-state index contributed by atoms with van der Waals surface area (Å²) in [6.45, 7) is 4.16. The molecule has 0 atom stereocenters. The summed E-state index contributed by atoms with van der Waals surface area (Å²) in [5.74, 6) is 5.68. The number of anilines is 1. The summed E-state index contributed by atoms with van der Waals surface area (Å²) in [5.41, 5.74) is 2.98. The average Bonchev–Trinajstić information content (AvgIpc) is 2.96. The lowest BCUT2D eigenvalue weighted by atomic mass is 10.2. The zero-order valence-electron chi connectivity index (χ0n) is 11.1. The highest BCUT2D eigenvalue weighted by molar-refractivity contribution is 5.93. The van der Waals surface area contributed by atoms with Crippen molar-refractivity contribution in [2.45, 2.75) is 19.3 Å². The van der Waals surface area contributed by atoms with Crippen molar-refractivity contribution in [3.63, 3.8) is 0 Å². The molecule has 1 aliphatic rings. The Balaban J connectivity index is 1.68. The summed E-state index contributed by atoms with van der Waals surface area (Å²) in [4.78, 5) is 18.3. The van der Waals surface area contributed by atoms with Crippen LogP contribution in [0.5, 0.6) is 0 Å². The van der Waals surface area contributed by atoms with Crippen molar-refractivity contribution in [1.29, 1.82) is 0 Å². The van der Waals surface area contributed by atoms with Crippen molar-refractivity contribution in [1.82, 2.24) is 15.2 Å². The first-order valence-electron chi connectivity index (χ1n) is 6.73. The fourth-order valence-electron chi connectivity index (χ4n) is 2.23. The van der Waals surface area contributed by atoms with E-state index in [0.717, 1.165) is 13.0 Å². The Labute approximate surface area is 113 Å². The first-order valence-corrected chi connectivity index (χ1v) is 6.73. The van der Waals surface area contributed by atoms with E-state index in [1.54, 1.807) is 12.1 Å². The van der Waals surface area contributed by atoms with E-state index in [4.69, 9.17) is 5.84 Å². The van der Waals surface area contributed by atoms with Crippen LogP contribution in [0.4, 0.5) is 5.82 Å². The lowest BCUT2D eigenvalue weighted by Crippen LogP contribution is -2.28. The SMILES string of the molecule is NNc1ccc(C(=O)NCCCN2CCCC2)cn1. The zero-order chi connectivity index (χ0) is 13.5. The van der Waals surface area contributed by atoms with Gasteiger partial charge in [-0.3, -0.25) is 4.79 Å². The van der Waals surface area contributed by atoms with Gasteiger partial charge >= 0.3 is 0 Å². The molecule has 104 valence electrons. The summed E-state index contributed by atoms with van der Waals surface area (Å²) in [5, 5.41) is 2.90.